The van der Waals surface area contributed by atoms with Gasteiger partial charge >= 0.3 is 5.97 Å². The molecule has 0 aromatic heterocycles. The van der Waals surface area contributed by atoms with Crippen LogP contribution in [0.25, 0.3) is 5.57 Å². The van der Waals surface area contributed by atoms with Crippen LogP contribution >= 0.6 is 11.6 Å². The first-order chi connectivity index (χ1) is 15.3. The number of benzene rings is 2. The number of carbonyl (C=O) groups is 2. The predicted molar refractivity (Wildman–Crippen MR) is 123 cm³/mol. The van der Waals surface area contributed by atoms with Crippen LogP contribution in [0.1, 0.15) is 53.6 Å². The van der Waals surface area contributed by atoms with E-state index in [1.54, 1.807) is 24.4 Å². The maximum Gasteiger partial charge on any atom is 0.336 e. The minimum Gasteiger partial charge on any atom is -0.478 e. The number of allylic oxidation sites excluding steroid dienone is 1. The fraction of sp³-hybridized carbons (Fsp3) is 0.292. The van der Waals surface area contributed by atoms with Crippen LogP contribution in [0.5, 0.6) is 0 Å². The molecule has 0 unspecified atom stereocenters. The molecule has 6 nitrogen and oxygen atoms in total. The molecule has 8 heteroatoms. The van der Waals surface area contributed by atoms with Crippen molar-refractivity contribution in [2.75, 3.05) is 5.32 Å². The standard InChI is InChI=1S/C24H23ClFN3O3/c25-20-7-4-15(10-21(20)26)24(8-9-24)23(32)29-17-5-6-18(19(11-17)22(30)31)14(12-27)13-28-16-2-1-3-16/h4-7,10-13,16H,1-3,8-9,27H2,(H,29,32)(H,30,31). The van der Waals surface area contributed by atoms with Gasteiger partial charge in [-0.3, -0.25) is 9.79 Å². The summed E-state index contributed by atoms with van der Waals surface area (Å²) in [5.74, 6) is -2.04. The van der Waals surface area contributed by atoms with Crippen LogP contribution in [-0.2, 0) is 10.2 Å². The summed E-state index contributed by atoms with van der Waals surface area (Å²) >= 11 is 5.76. The first-order valence-corrected chi connectivity index (χ1v) is 10.8. The first kappa shape index (κ1) is 22.0. The highest BCUT2D eigenvalue weighted by Gasteiger charge is 2.51. The Bertz CT molecular complexity index is 1140. The Morgan fingerprint density at radius 2 is 1.94 bits per heavy atom. The van der Waals surface area contributed by atoms with Crippen LogP contribution in [0.2, 0.25) is 5.02 Å². The second kappa shape index (κ2) is 8.74. The van der Waals surface area contributed by atoms with Gasteiger partial charge in [0, 0.05) is 29.7 Å². The zero-order valence-electron chi connectivity index (χ0n) is 17.3. The summed E-state index contributed by atoms with van der Waals surface area (Å²) in [5, 5.41) is 12.5. The zero-order valence-corrected chi connectivity index (χ0v) is 18.0. The van der Waals surface area contributed by atoms with E-state index in [9.17, 15) is 19.1 Å². The number of hydrogen-bond acceptors (Lipinski definition) is 4. The van der Waals surface area contributed by atoms with Crippen LogP contribution in [0.4, 0.5) is 10.1 Å². The lowest BCUT2D eigenvalue weighted by molar-refractivity contribution is -0.118. The lowest BCUT2D eigenvalue weighted by Crippen LogP contribution is -2.28. The van der Waals surface area contributed by atoms with Gasteiger partial charge in [-0.25, -0.2) is 9.18 Å². The van der Waals surface area contributed by atoms with Crippen molar-refractivity contribution in [1.82, 2.24) is 0 Å². The van der Waals surface area contributed by atoms with Crippen LogP contribution in [0, 0.1) is 5.82 Å². The summed E-state index contributed by atoms with van der Waals surface area (Å²) in [4.78, 5) is 29.4. The van der Waals surface area contributed by atoms with E-state index in [2.05, 4.69) is 10.3 Å². The summed E-state index contributed by atoms with van der Waals surface area (Å²) in [7, 11) is 0. The molecule has 4 rings (SSSR count). The molecular weight excluding hydrogens is 433 g/mol. The van der Waals surface area contributed by atoms with Gasteiger partial charge in [0.05, 0.1) is 16.0 Å². The van der Waals surface area contributed by atoms with Gasteiger partial charge in [0.25, 0.3) is 0 Å². The topological polar surface area (TPSA) is 105 Å². The Kier molecular flexibility index (Phi) is 6.02. The molecular formula is C24H23ClFN3O3. The van der Waals surface area contributed by atoms with Crippen molar-refractivity contribution < 1.29 is 19.1 Å². The van der Waals surface area contributed by atoms with Crippen LogP contribution in [0.3, 0.4) is 0 Å². The molecule has 0 saturated heterocycles. The van der Waals surface area contributed by atoms with E-state index < -0.39 is 17.2 Å². The first-order valence-electron chi connectivity index (χ1n) is 10.4. The highest BCUT2D eigenvalue weighted by atomic mass is 35.5. The van der Waals surface area contributed by atoms with E-state index in [1.165, 1.54) is 24.4 Å². The number of halogens is 2. The Labute approximate surface area is 190 Å². The number of anilines is 1. The lowest BCUT2D eigenvalue weighted by atomic mass is 9.93. The van der Waals surface area contributed by atoms with E-state index in [-0.39, 0.29) is 22.5 Å². The van der Waals surface area contributed by atoms with Gasteiger partial charge in [0.15, 0.2) is 0 Å². The van der Waals surface area contributed by atoms with Crippen molar-refractivity contribution in [2.45, 2.75) is 43.6 Å². The van der Waals surface area contributed by atoms with Gasteiger partial charge in [-0.1, -0.05) is 23.7 Å². The van der Waals surface area contributed by atoms with Crippen molar-refractivity contribution in [3.05, 3.63) is 70.1 Å². The predicted octanol–water partition coefficient (Wildman–Crippen LogP) is 4.77. The summed E-state index contributed by atoms with van der Waals surface area (Å²) in [6, 6.07) is 9.23. The third kappa shape index (κ3) is 4.25. The third-order valence-electron chi connectivity index (χ3n) is 6.15. The van der Waals surface area contributed by atoms with Crippen molar-refractivity contribution in [3.8, 4) is 0 Å². The molecule has 0 atom stereocenters. The number of aliphatic imine (C=N–C) groups is 1. The van der Waals surface area contributed by atoms with E-state index in [1.807, 2.05) is 0 Å². The molecule has 166 valence electrons. The monoisotopic (exact) mass is 455 g/mol. The maximum absolute atomic E-state index is 13.9. The van der Waals surface area contributed by atoms with Crippen molar-refractivity contribution in [1.29, 1.82) is 0 Å². The second-order valence-electron chi connectivity index (χ2n) is 8.22. The average molecular weight is 456 g/mol. The second-order valence-corrected chi connectivity index (χ2v) is 8.62. The fourth-order valence-corrected chi connectivity index (χ4v) is 3.91. The molecule has 0 spiro atoms. The molecule has 4 N–H and O–H groups in total. The number of nitrogens with two attached hydrogens (primary N) is 1. The molecule has 0 radical (unpaired) electrons. The fourth-order valence-electron chi connectivity index (χ4n) is 3.79. The summed E-state index contributed by atoms with van der Waals surface area (Å²) in [5.41, 5.74) is 6.70. The Balaban J connectivity index is 1.57. The number of rotatable bonds is 7. The number of nitrogens with one attached hydrogen (secondary N) is 1. The van der Waals surface area contributed by atoms with Gasteiger partial charge in [-0.2, -0.15) is 0 Å². The van der Waals surface area contributed by atoms with Crippen LogP contribution in [-0.4, -0.2) is 29.2 Å². The molecule has 0 aliphatic heterocycles. The minimum atomic E-state index is -1.14. The molecule has 2 aromatic carbocycles. The van der Waals surface area contributed by atoms with E-state index >= 15 is 0 Å². The van der Waals surface area contributed by atoms with Gasteiger partial charge in [0.2, 0.25) is 5.91 Å². The number of carboxylic acids is 1. The Morgan fingerprint density at radius 1 is 1.19 bits per heavy atom. The van der Waals surface area contributed by atoms with E-state index in [0.29, 0.717) is 35.2 Å². The molecule has 32 heavy (non-hydrogen) atoms. The molecule has 2 aliphatic carbocycles. The normalized spacial score (nSPS) is 17.8. The van der Waals surface area contributed by atoms with Gasteiger partial charge in [0.1, 0.15) is 5.82 Å². The van der Waals surface area contributed by atoms with E-state index in [4.69, 9.17) is 17.3 Å². The third-order valence-corrected chi connectivity index (χ3v) is 6.46. The highest BCUT2D eigenvalue weighted by molar-refractivity contribution is 6.30. The van der Waals surface area contributed by atoms with Gasteiger partial charge < -0.3 is 16.2 Å². The number of nitrogens with zero attached hydrogens (tertiary/aromatic N) is 1. The maximum atomic E-state index is 13.9. The Hall–Kier alpha value is -3.19. The highest BCUT2D eigenvalue weighted by Crippen LogP contribution is 2.49. The summed E-state index contributed by atoms with van der Waals surface area (Å²) < 4.78 is 13.9. The van der Waals surface area contributed by atoms with Gasteiger partial charge in [-0.05, 0) is 67.5 Å². The number of amides is 1. The van der Waals surface area contributed by atoms with Crippen LogP contribution < -0.4 is 11.1 Å². The van der Waals surface area contributed by atoms with Crippen molar-refractivity contribution in [2.24, 2.45) is 10.7 Å². The molecule has 2 aliphatic rings. The summed E-state index contributed by atoms with van der Waals surface area (Å²) in [6.07, 6.45) is 7.26. The molecule has 1 amide bonds. The molecule has 0 bridgehead atoms. The number of hydrogen-bond donors (Lipinski definition) is 3. The SMILES string of the molecule is NC=C(C=NC1CCC1)c1ccc(NC(=O)C2(c3ccc(Cl)c(F)c3)CC2)cc1C(=O)O. The molecule has 2 saturated carbocycles. The largest absolute Gasteiger partial charge is 0.478 e. The molecule has 0 heterocycles. The smallest absolute Gasteiger partial charge is 0.336 e. The van der Waals surface area contributed by atoms with Crippen molar-refractivity contribution >= 4 is 41.0 Å². The Morgan fingerprint density at radius 3 is 2.50 bits per heavy atom. The number of carboxylic acid groups (broad SMARTS) is 1. The average Bonchev–Trinajstić information content (AvgIpc) is 3.54. The van der Waals surface area contributed by atoms with Crippen molar-refractivity contribution in [3.63, 3.8) is 0 Å². The van der Waals surface area contributed by atoms with Gasteiger partial charge in [-0.15, -0.1) is 0 Å². The van der Waals surface area contributed by atoms with E-state index in [0.717, 1.165) is 19.3 Å². The van der Waals surface area contributed by atoms with Crippen LogP contribution in [0.15, 0.2) is 47.6 Å². The number of carbonyl (C=O) groups excluding carboxylic acids is 1. The zero-order chi connectivity index (χ0) is 22.9. The minimum absolute atomic E-state index is 0.00180. The lowest BCUT2D eigenvalue weighted by Gasteiger charge is -2.20. The molecule has 2 fully saturated rings. The number of aromatic carboxylic acids is 1. The summed E-state index contributed by atoms with van der Waals surface area (Å²) in [6.45, 7) is 0. The quantitative estimate of drug-likeness (QED) is 0.523. The molecule has 2 aromatic rings.